The summed E-state index contributed by atoms with van der Waals surface area (Å²) in [6.45, 7) is 5.40. The van der Waals surface area contributed by atoms with Gasteiger partial charge in [-0.25, -0.2) is 26.9 Å². The molecule has 5 aromatic rings. The lowest BCUT2D eigenvalue weighted by Crippen LogP contribution is -2.35. The van der Waals surface area contributed by atoms with Crippen LogP contribution in [-0.4, -0.2) is 63.0 Å². The second-order valence-corrected chi connectivity index (χ2v) is 15.4. The molecule has 0 fully saturated rings. The van der Waals surface area contributed by atoms with Crippen LogP contribution in [0.25, 0.3) is 22.3 Å². The maximum atomic E-state index is 15.6. The largest absolute Gasteiger partial charge is 0.481 e. The third kappa shape index (κ3) is 7.52. The SMILES string of the molecule is CC(CC(=O)O)c1cccc(C2CCOC(C)(C)CS(=O)(=O)CCc3c(c(F)cc4[nH]ccc34)Oc3ccc(F)c(c3)-c3nc2nn3C)c1. The van der Waals surface area contributed by atoms with Crippen molar-refractivity contribution in [2.75, 3.05) is 18.1 Å². The Balaban J connectivity index is 1.47. The zero-order valence-corrected chi connectivity index (χ0v) is 28.5. The lowest BCUT2D eigenvalue weighted by atomic mass is 9.90. The van der Waals surface area contributed by atoms with Gasteiger partial charge < -0.3 is 19.6 Å². The van der Waals surface area contributed by atoms with Crippen molar-refractivity contribution in [1.29, 1.82) is 0 Å². The summed E-state index contributed by atoms with van der Waals surface area (Å²) in [5.74, 6) is -2.91. The number of aromatic amines is 1. The van der Waals surface area contributed by atoms with Gasteiger partial charge in [0.1, 0.15) is 11.6 Å². The first-order valence-corrected chi connectivity index (χ1v) is 17.8. The van der Waals surface area contributed by atoms with Gasteiger partial charge in [0.05, 0.1) is 29.1 Å². The number of aliphatic carboxylic acids is 1. The Hall–Kier alpha value is -4.62. The minimum atomic E-state index is -3.71. The molecule has 13 heteroatoms. The summed E-state index contributed by atoms with van der Waals surface area (Å²) in [4.78, 5) is 19.2. The number of aryl methyl sites for hydroxylation is 2. The van der Waals surface area contributed by atoms with E-state index in [1.165, 1.54) is 28.9 Å². The Bertz CT molecular complexity index is 2140. The second-order valence-electron chi connectivity index (χ2n) is 13.2. The number of fused-ring (bicyclic) bond motifs is 8. The Morgan fingerprint density at radius 2 is 1.94 bits per heavy atom. The van der Waals surface area contributed by atoms with Crippen LogP contribution in [0.1, 0.15) is 68.0 Å². The minimum absolute atomic E-state index is 0.0285. The Labute approximate surface area is 283 Å². The van der Waals surface area contributed by atoms with Crippen LogP contribution in [0, 0.1) is 11.6 Å². The predicted octanol–water partition coefficient (Wildman–Crippen LogP) is 6.90. The number of H-pyrrole nitrogens is 1. The smallest absolute Gasteiger partial charge is 0.303 e. The van der Waals surface area contributed by atoms with Crippen LogP contribution < -0.4 is 4.74 Å². The van der Waals surface area contributed by atoms with Crippen LogP contribution in [0.15, 0.2) is 60.8 Å². The molecule has 2 aromatic heterocycles. The molecule has 0 saturated carbocycles. The van der Waals surface area contributed by atoms with E-state index in [0.717, 1.165) is 11.1 Å². The number of nitrogens with zero attached hydrogens (tertiary/aromatic N) is 3. The van der Waals surface area contributed by atoms with E-state index in [4.69, 9.17) is 14.5 Å². The highest BCUT2D eigenvalue weighted by Gasteiger charge is 2.30. The number of carbonyl (C=O) groups is 1. The van der Waals surface area contributed by atoms with Crippen molar-refractivity contribution in [1.82, 2.24) is 19.7 Å². The highest BCUT2D eigenvalue weighted by molar-refractivity contribution is 7.91. The first-order chi connectivity index (χ1) is 23.2. The van der Waals surface area contributed by atoms with Gasteiger partial charge in [0.2, 0.25) is 0 Å². The van der Waals surface area contributed by atoms with Crippen molar-refractivity contribution in [2.24, 2.45) is 7.05 Å². The molecule has 4 bridgehead atoms. The molecule has 2 unspecified atom stereocenters. The molecular formula is C36H38F2N4O6S. The molecule has 0 radical (unpaired) electrons. The molecule has 0 spiro atoms. The van der Waals surface area contributed by atoms with Crippen LogP contribution in [0.5, 0.6) is 11.5 Å². The van der Waals surface area contributed by atoms with E-state index in [-0.39, 0.29) is 59.8 Å². The molecular weight excluding hydrogens is 654 g/mol. The van der Waals surface area contributed by atoms with Gasteiger partial charge in [0.15, 0.2) is 33.1 Å². The molecule has 3 heterocycles. The quantitative estimate of drug-likeness (QED) is 0.208. The van der Waals surface area contributed by atoms with E-state index in [2.05, 4.69) is 10.1 Å². The molecule has 3 aromatic carbocycles. The zero-order valence-electron chi connectivity index (χ0n) is 27.7. The van der Waals surface area contributed by atoms with Gasteiger partial charge in [-0.2, -0.15) is 5.10 Å². The number of hydrogen-bond donors (Lipinski definition) is 2. The maximum Gasteiger partial charge on any atom is 0.303 e. The van der Waals surface area contributed by atoms with Crippen LogP contribution >= 0.6 is 0 Å². The van der Waals surface area contributed by atoms with Gasteiger partial charge in [-0.1, -0.05) is 31.2 Å². The molecule has 258 valence electrons. The Morgan fingerprint density at radius 3 is 2.71 bits per heavy atom. The van der Waals surface area contributed by atoms with Crippen molar-refractivity contribution >= 4 is 26.7 Å². The van der Waals surface area contributed by atoms with E-state index in [9.17, 15) is 18.3 Å². The standard InChI is InChI=1S/C36H38F2N4O6S/c1-21(16-32(43)44)22-6-5-7-23(17-22)25-11-14-47-36(2,3)20-49(45,46)15-12-27-26-10-13-39-31(26)19-30(38)33(27)48-24-8-9-29(37)28(18-24)35-40-34(25)41-42(35)4/h5-10,13,17-19,21,25,39H,11-12,14-16,20H2,1-4H3,(H,43,44). The summed E-state index contributed by atoms with van der Waals surface area (Å²) in [7, 11) is -2.06. The van der Waals surface area contributed by atoms with Crippen LogP contribution in [-0.2, 0) is 32.8 Å². The van der Waals surface area contributed by atoms with E-state index >= 15 is 8.78 Å². The summed E-state index contributed by atoms with van der Waals surface area (Å²) >= 11 is 0. The van der Waals surface area contributed by atoms with E-state index < -0.39 is 39.0 Å². The van der Waals surface area contributed by atoms with Gasteiger partial charge >= 0.3 is 5.97 Å². The minimum Gasteiger partial charge on any atom is -0.481 e. The molecule has 0 saturated heterocycles. The van der Waals surface area contributed by atoms with Crippen LogP contribution in [0.2, 0.25) is 0 Å². The third-order valence-electron chi connectivity index (χ3n) is 8.85. The lowest BCUT2D eigenvalue weighted by molar-refractivity contribution is -0.137. The molecule has 1 aliphatic heterocycles. The Kier molecular flexibility index (Phi) is 9.34. The fourth-order valence-electron chi connectivity index (χ4n) is 6.49. The van der Waals surface area contributed by atoms with Gasteiger partial charge in [0, 0.05) is 48.3 Å². The summed E-state index contributed by atoms with van der Waals surface area (Å²) in [6.07, 6.45) is 1.92. The van der Waals surface area contributed by atoms with Crippen LogP contribution in [0.4, 0.5) is 8.78 Å². The van der Waals surface area contributed by atoms with Crippen molar-refractivity contribution < 1.29 is 36.6 Å². The first kappa shape index (κ1) is 34.3. The Morgan fingerprint density at radius 1 is 1.14 bits per heavy atom. The highest BCUT2D eigenvalue weighted by Crippen LogP contribution is 2.38. The van der Waals surface area contributed by atoms with Gasteiger partial charge in [-0.3, -0.25) is 4.79 Å². The van der Waals surface area contributed by atoms with E-state index in [1.54, 1.807) is 33.2 Å². The number of sulfone groups is 1. The maximum absolute atomic E-state index is 15.6. The van der Waals surface area contributed by atoms with E-state index in [0.29, 0.717) is 28.7 Å². The van der Waals surface area contributed by atoms with Crippen molar-refractivity contribution in [3.8, 4) is 22.9 Å². The number of benzene rings is 3. The fourth-order valence-corrected chi connectivity index (χ4v) is 8.29. The summed E-state index contributed by atoms with van der Waals surface area (Å²) in [5.41, 5.74) is 1.49. The van der Waals surface area contributed by atoms with Crippen molar-refractivity contribution in [2.45, 2.75) is 57.5 Å². The zero-order chi connectivity index (χ0) is 35.1. The molecule has 10 nitrogen and oxygen atoms in total. The molecule has 6 rings (SSSR count). The summed E-state index contributed by atoms with van der Waals surface area (Å²) in [5, 5.41) is 14.7. The van der Waals surface area contributed by atoms with Gasteiger partial charge in [-0.15, -0.1) is 0 Å². The number of carboxylic acid groups (broad SMARTS) is 1. The third-order valence-corrected chi connectivity index (χ3v) is 10.8. The number of rotatable bonds is 4. The molecule has 1 aliphatic rings. The molecule has 0 amide bonds. The fraction of sp³-hybridized carbons (Fsp3) is 0.361. The molecule has 49 heavy (non-hydrogen) atoms. The monoisotopic (exact) mass is 692 g/mol. The average molecular weight is 693 g/mol. The topological polar surface area (TPSA) is 136 Å². The van der Waals surface area contributed by atoms with Gasteiger partial charge in [0.25, 0.3) is 0 Å². The first-order valence-electron chi connectivity index (χ1n) is 16.0. The number of carboxylic acids is 1. The molecule has 0 aliphatic carbocycles. The number of nitrogens with one attached hydrogen (secondary N) is 1. The number of halogens is 2. The number of ether oxygens (including phenoxy) is 2. The molecule has 2 atom stereocenters. The second kappa shape index (κ2) is 13.4. The highest BCUT2D eigenvalue weighted by atomic mass is 32.2. The molecule has 2 N–H and O–H groups in total. The number of hydrogen-bond acceptors (Lipinski definition) is 7. The van der Waals surface area contributed by atoms with E-state index in [1.807, 2.05) is 31.2 Å². The normalized spacial score (nSPS) is 18.5. The average Bonchev–Trinajstić information content (AvgIpc) is 3.65. The summed E-state index contributed by atoms with van der Waals surface area (Å²) in [6, 6.07) is 14.5. The van der Waals surface area contributed by atoms with Gasteiger partial charge in [-0.05, 0) is 68.0 Å². The lowest BCUT2D eigenvalue weighted by Gasteiger charge is -2.26. The predicted molar refractivity (Wildman–Crippen MR) is 181 cm³/mol. The van der Waals surface area contributed by atoms with Crippen molar-refractivity contribution in [3.05, 3.63) is 94.9 Å². The summed E-state index contributed by atoms with van der Waals surface area (Å²) < 4.78 is 71.8. The van der Waals surface area contributed by atoms with Crippen LogP contribution in [0.3, 0.4) is 0 Å². The number of aromatic nitrogens is 4. The van der Waals surface area contributed by atoms with Crippen molar-refractivity contribution in [3.63, 3.8) is 0 Å².